The molecule has 0 saturated heterocycles. The zero-order valence-corrected chi connectivity index (χ0v) is 18.4. The number of aromatic nitrogens is 3. The van der Waals surface area contributed by atoms with E-state index in [2.05, 4.69) is 15.5 Å². The van der Waals surface area contributed by atoms with Crippen LogP contribution < -0.4 is 5.32 Å². The van der Waals surface area contributed by atoms with Crippen LogP contribution in [0.4, 0.5) is 14.5 Å². The van der Waals surface area contributed by atoms with Crippen LogP contribution in [0.2, 0.25) is 5.02 Å². The highest BCUT2D eigenvalue weighted by molar-refractivity contribution is 7.99. The van der Waals surface area contributed by atoms with E-state index in [1.165, 1.54) is 10.6 Å². The zero-order valence-electron chi connectivity index (χ0n) is 16.8. The van der Waals surface area contributed by atoms with Crippen LogP contribution in [0.25, 0.3) is 17.1 Å². The Labute approximate surface area is 192 Å². The average Bonchev–Trinajstić information content (AvgIpc) is 3.18. The normalized spacial score (nSPS) is 10.9. The smallest absolute Gasteiger partial charge is 0.234 e. The number of anilines is 1. The van der Waals surface area contributed by atoms with Gasteiger partial charge in [-0.1, -0.05) is 59.8 Å². The van der Waals surface area contributed by atoms with E-state index < -0.39 is 11.6 Å². The fourth-order valence-corrected chi connectivity index (χ4v) is 4.08. The lowest BCUT2D eigenvalue weighted by molar-refractivity contribution is -0.113. The first kappa shape index (κ1) is 22.0. The van der Waals surface area contributed by atoms with Gasteiger partial charge in [-0.05, 0) is 36.8 Å². The van der Waals surface area contributed by atoms with Gasteiger partial charge in [-0.2, -0.15) is 0 Å². The summed E-state index contributed by atoms with van der Waals surface area (Å²) in [5.74, 6) is -1.40. The highest BCUT2D eigenvalue weighted by atomic mass is 35.5. The first-order chi connectivity index (χ1) is 15.4. The Morgan fingerprint density at radius 2 is 1.84 bits per heavy atom. The van der Waals surface area contributed by atoms with Crippen molar-refractivity contribution in [1.82, 2.24) is 14.8 Å². The van der Waals surface area contributed by atoms with E-state index >= 15 is 0 Å². The van der Waals surface area contributed by atoms with Gasteiger partial charge in [0.05, 0.1) is 22.2 Å². The molecule has 1 amide bonds. The standard InChI is InChI=1S/C23H17ClF2N4OS/c1-14-7-9-19(17(24)11-14)27-21(31)13-32-23-29-28-22(15-5-3-2-4-6-15)30(23)20-10-8-16(25)12-18(20)26/h2-12H,13H2,1H3,(H,27,31). The lowest BCUT2D eigenvalue weighted by Gasteiger charge is -2.12. The van der Waals surface area contributed by atoms with Crippen molar-refractivity contribution in [2.24, 2.45) is 0 Å². The fraction of sp³-hybridized carbons (Fsp3) is 0.0870. The number of halogens is 3. The predicted octanol–water partition coefficient (Wildman–Crippen LogP) is 5.91. The van der Waals surface area contributed by atoms with Gasteiger partial charge in [-0.3, -0.25) is 9.36 Å². The lowest BCUT2D eigenvalue weighted by Crippen LogP contribution is -2.15. The molecule has 0 aliphatic rings. The molecule has 0 fully saturated rings. The Morgan fingerprint density at radius 3 is 2.56 bits per heavy atom. The van der Waals surface area contributed by atoms with Crippen molar-refractivity contribution in [3.05, 3.63) is 89.0 Å². The number of aryl methyl sites for hydroxylation is 1. The summed E-state index contributed by atoms with van der Waals surface area (Å²) >= 11 is 7.26. The van der Waals surface area contributed by atoms with Gasteiger partial charge in [-0.15, -0.1) is 10.2 Å². The van der Waals surface area contributed by atoms with Gasteiger partial charge in [0.2, 0.25) is 5.91 Å². The molecule has 1 aromatic heterocycles. The van der Waals surface area contributed by atoms with Crippen LogP contribution in [0, 0.1) is 18.6 Å². The van der Waals surface area contributed by atoms with Crippen molar-refractivity contribution in [2.45, 2.75) is 12.1 Å². The Balaban J connectivity index is 1.62. The third kappa shape index (κ3) is 4.81. The second-order valence-electron chi connectivity index (χ2n) is 6.92. The monoisotopic (exact) mass is 470 g/mol. The largest absolute Gasteiger partial charge is 0.324 e. The first-order valence-corrected chi connectivity index (χ1v) is 10.9. The Hall–Kier alpha value is -3.23. The SMILES string of the molecule is Cc1ccc(NC(=O)CSc2nnc(-c3ccccc3)n2-c2ccc(F)cc2F)c(Cl)c1. The Kier molecular flexibility index (Phi) is 6.53. The van der Waals surface area contributed by atoms with Gasteiger partial charge in [0.15, 0.2) is 11.0 Å². The van der Waals surface area contributed by atoms with Crippen molar-refractivity contribution in [1.29, 1.82) is 0 Å². The maximum atomic E-state index is 14.6. The molecule has 4 aromatic rings. The van der Waals surface area contributed by atoms with Crippen LogP contribution in [-0.4, -0.2) is 26.4 Å². The highest BCUT2D eigenvalue weighted by Gasteiger charge is 2.20. The molecule has 0 aliphatic carbocycles. The van der Waals surface area contributed by atoms with E-state index in [1.54, 1.807) is 12.1 Å². The number of carbonyl (C=O) groups is 1. The minimum atomic E-state index is -0.764. The van der Waals surface area contributed by atoms with E-state index in [0.717, 1.165) is 29.5 Å². The van der Waals surface area contributed by atoms with Gasteiger partial charge >= 0.3 is 0 Å². The third-order valence-corrected chi connectivity index (χ3v) is 5.79. The summed E-state index contributed by atoms with van der Waals surface area (Å²) in [6.45, 7) is 1.90. The van der Waals surface area contributed by atoms with Gasteiger partial charge in [0.1, 0.15) is 11.6 Å². The summed E-state index contributed by atoms with van der Waals surface area (Å²) < 4.78 is 29.6. The summed E-state index contributed by atoms with van der Waals surface area (Å²) in [4.78, 5) is 12.5. The average molecular weight is 471 g/mol. The van der Waals surface area contributed by atoms with Crippen LogP contribution in [0.5, 0.6) is 0 Å². The highest BCUT2D eigenvalue weighted by Crippen LogP contribution is 2.30. The molecule has 3 aromatic carbocycles. The molecule has 5 nitrogen and oxygen atoms in total. The predicted molar refractivity (Wildman–Crippen MR) is 122 cm³/mol. The quantitative estimate of drug-likeness (QED) is 0.356. The van der Waals surface area contributed by atoms with Gasteiger partial charge in [-0.25, -0.2) is 8.78 Å². The van der Waals surface area contributed by atoms with E-state index in [1.807, 2.05) is 43.3 Å². The van der Waals surface area contributed by atoms with Crippen LogP contribution in [-0.2, 0) is 4.79 Å². The van der Waals surface area contributed by atoms with E-state index in [4.69, 9.17) is 11.6 Å². The number of hydrogen-bond acceptors (Lipinski definition) is 4. The topological polar surface area (TPSA) is 59.8 Å². The number of thioether (sulfide) groups is 1. The molecular formula is C23H17ClF2N4OS. The van der Waals surface area contributed by atoms with Crippen molar-refractivity contribution >= 4 is 35.0 Å². The van der Waals surface area contributed by atoms with Gasteiger partial charge in [0.25, 0.3) is 0 Å². The molecule has 0 radical (unpaired) electrons. The summed E-state index contributed by atoms with van der Waals surface area (Å²) in [7, 11) is 0. The van der Waals surface area contributed by atoms with Crippen molar-refractivity contribution in [3.8, 4) is 17.1 Å². The molecule has 0 atom stereocenters. The minimum absolute atomic E-state index is 0.0139. The Morgan fingerprint density at radius 1 is 1.06 bits per heavy atom. The number of carbonyl (C=O) groups excluding carboxylic acids is 1. The van der Waals surface area contributed by atoms with Crippen LogP contribution in [0.3, 0.4) is 0 Å². The van der Waals surface area contributed by atoms with Crippen molar-refractivity contribution in [2.75, 3.05) is 11.1 Å². The number of rotatable bonds is 6. The number of amides is 1. The number of hydrogen-bond donors (Lipinski definition) is 1. The molecule has 0 aliphatic heterocycles. The fourth-order valence-electron chi connectivity index (χ4n) is 3.06. The van der Waals surface area contributed by atoms with Crippen molar-refractivity contribution < 1.29 is 13.6 Å². The minimum Gasteiger partial charge on any atom is -0.324 e. The molecule has 9 heteroatoms. The second kappa shape index (κ2) is 9.50. The maximum absolute atomic E-state index is 14.6. The second-order valence-corrected chi connectivity index (χ2v) is 8.27. The number of nitrogens with one attached hydrogen (secondary N) is 1. The molecule has 0 bridgehead atoms. The molecule has 1 N–H and O–H groups in total. The molecule has 0 spiro atoms. The van der Waals surface area contributed by atoms with Gasteiger partial charge < -0.3 is 5.32 Å². The maximum Gasteiger partial charge on any atom is 0.234 e. The van der Waals surface area contributed by atoms with E-state index in [-0.39, 0.29) is 17.3 Å². The molecule has 0 saturated carbocycles. The van der Waals surface area contributed by atoms with Crippen LogP contribution in [0.15, 0.2) is 71.9 Å². The summed E-state index contributed by atoms with van der Waals surface area (Å²) in [6.07, 6.45) is 0. The first-order valence-electron chi connectivity index (χ1n) is 9.57. The lowest BCUT2D eigenvalue weighted by atomic mass is 10.2. The number of benzene rings is 3. The molecule has 162 valence electrons. The molecular weight excluding hydrogens is 454 g/mol. The van der Waals surface area contributed by atoms with Gasteiger partial charge in [0, 0.05) is 11.6 Å². The molecule has 0 unspecified atom stereocenters. The number of nitrogens with zero attached hydrogens (tertiary/aromatic N) is 3. The molecule has 32 heavy (non-hydrogen) atoms. The Bertz CT molecular complexity index is 1280. The summed E-state index contributed by atoms with van der Waals surface area (Å²) in [5.41, 5.74) is 2.26. The molecule has 4 rings (SSSR count). The van der Waals surface area contributed by atoms with Crippen LogP contribution >= 0.6 is 23.4 Å². The third-order valence-electron chi connectivity index (χ3n) is 4.55. The van der Waals surface area contributed by atoms with Crippen molar-refractivity contribution in [3.63, 3.8) is 0 Å². The van der Waals surface area contributed by atoms with E-state index in [9.17, 15) is 13.6 Å². The molecule has 1 heterocycles. The summed E-state index contributed by atoms with van der Waals surface area (Å²) in [6, 6.07) is 17.7. The zero-order chi connectivity index (χ0) is 22.7. The summed E-state index contributed by atoms with van der Waals surface area (Å²) in [5, 5.41) is 11.8. The van der Waals surface area contributed by atoms with Crippen LogP contribution in [0.1, 0.15) is 5.56 Å². The van der Waals surface area contributed by atoms with E-state index in [0.29, 0.717) is 27.3 Å².